The summed E-state index contributed by atoms with van der Waals surface area (Å²) in [4.78, 5) is 0. The van der Waals surface area contributed by atoms with Gasteiger partial charge in [-0.2, -0.15) is 0 Å². The minimum atomic E-state index is 1.15. The summed E-state index contributed by atoms with van der Waals surface area (Å²) in [5.74, 6) is 0. The summed E-state index contributed by atoms with van der Waals surface area (Å²) in [6.45, 7) is 0. The Hall–Kier alpha value is -6.84. The van der Waals surface area contributed by atoms with Gasteiger partial charge in [0.15, 0.2) is 0 Å². The Bertz CT molecular complexity index is 3070. The Labute approximate surface area is 294 Å². The maximum atomic E-state index is 2.47. The van der Waals surface area contributed by atoms with Gasteiger partial charge in [0.25, 0.3) is 0 Å². The van der Waals surface area contributed by atoms with Gasteiger partial charge in [0.05, 0.1) is 38.8 Å². The molecule has 0 saturated heterocycles. The van der Waals surface area contributed by atoms with Crippen LogP contribution in [0.2, 0.25) is 0 Å². The van der Waals surface area contributed by atoms with Gasteiger partial charge in [0, 0.05) is 43.7 Å². The molecule has 0 atom stereocenters. The average Bonchev–Trinajstić information content (AvgIpc) is 3.84. The summed E-state index contributed by atoms with van der Waals surface area (Å²) in [5.41, 5.74) is 13.1. The number of benzene rings is 8. The second kappa shape index (κ2) is 10.8. The largest absolute Gasteiger partial charge is 0.309 e. The first-order valence-electron chi connectivity index (χ1n) is 17.5. The van der Waals surface area contributed by atoms with Crippen LogP contribution in [0.5, 0.6) is 0 Å². The van der Waals surface area contributed by atoms with Crippen molar-refractivity contribution >= 4 is 65.4 Å². The highest BCUT2D eigenvalue weighted by molar-refractivity contribution is 6.17. The van der Waals surface area contributed by atoms with E-state index in [9.17, 15) is 0 Å². The molecular formula is C48H31N3. The lowest BCUT2D eigenvalue weighted by molar-refractivity contribution is 1.16. The molecule has 3 heteroatoms. The van der Waals surface area contributed by atoms with Crippen LogP contribution in [-0.4, -0.2) is 13.7 Å². The van der Waals surface area contributed by atoms with Crippen molar-refractivity contribution in [2.45, 2.75) is 0 Å². The highest BCUT2D eigenvalue weighted by Gasteiger charge is 2.20. The second-order valence-corrected chi connectivity index (χ2v) is 13.4. The Morgan fingerprint density at radius 2 is 0.706 bits per heavy atom. The number of fused-ring (bicyclic) bond motifs is 9. The van der Waals surface area contributed by atoms with Gasteiger partial charge in [-0.3, -0.25) is 0 Å². The lowest BCUT2D eigenvalue weighted by Crippen LogP contribution is -1.97. The number of para-hydroxylation sites is 4. The van der Waals surface area contributed by atoms with Crippen molar-refractivity contribution in [3.8, 4) is 28.2 Å². The molecule has 8 aromatic carbocycles. The van der Waals surface area contributed by atoms with Crippen molar-refractivity contribution in [1.82, 2.24) is 13.7 Å². The normalized spacial score (nSPS) is 11.9. The van der Waals surface area contributed by atoms with Crippen LogP contribution in [0, 0.1) is 0 Å². The first-order chi connectivity index (χ1) is 25.3. The van der Waals surface area contributed by atoms with Crippen molar-refractivity contribution in [2.24, 2.45) is 0 Å². The quantitative estimate of drug-likeness (QED) is 0.180. The van der Waals surface area contributed by atoms with Crippen LogP contribution in [0.1, 0.15) is 0 Å². The third-order valence-electron chi connectivity index (χ3n) is 10.6. The molecule has 0 aliphatic rings. The van der Waals surface area contributed by atoms with Crippen LogP contribution in [0.4, 0.5) is 0 Å². The molecule has 0 radical (unpaired) electrons. The zero-order valence-corrected chi connectivity index (χ0v) is 27.7. The van der Waals surface area contributed by atoms with Crippen LogP contribution in [0.3, 0.4) is 0 Å². The minimum absolute atomic E-state index is 1.15. The third kappa shape index (κ3) is 4.06. The van der Waals surface area contributed by atoms with Crippen LogP contribution >= 0.6 is 0 Å². The summed E-state index contributed by atoms with van der Waals surface area (Å²) in [6, 6.07) is 68.4. The number of aromatic nitrogens is 3. The summed E-state index contributed by atoms with van der Waals surface area (Å²) in [6.07, 6.45) is 0. The fourth-order valence-corrected chi connectivity index (χ4v) is 8.46. The zero-order valence-electron chi connectivity index (χ0n) is 27.7. The van der Waals surface area contributed by atoms with E-state index in [0.717, 1.165) is 11.4 Å². The van der Waals surface area contributed by atoms with Crippen LogP contribution in [0.15, 0.2) is 188 Å². The Morgan fingerprint density at radius 3 is 1.37 bits per heavy atom. The topological polar surface area (TPSA) is 14.8 Å². The van der Waals surface area contributed by atoms with Crippen molar-refractivity contribution < 1.29 is 0 Å². The maximum Gasteiger partial charge on any atom is 0.0562 e. The minimum Gasteiger partial charge on any atom is -0.309 e. The number of hydrogen-bond acceptors (Lipinski definition) is 0. The average molecular weight is 650 g/mol. The number of nitrogens with zero attached hydrogens (tertiary/aromatic N) is 3. The molecule has 238 valence electrons. The fraction of sp³-hybridized carbons (Fsp3) is 0. The lowest BCUT2D eigenvalue weighted by Gasteiger charge is -2.12. The molecule has 0 fully saturated rings. The molecule has 0 aliphatic carbocycles. The van der Waals surface area contributed by atoms with E-state index in [2.05, 4.69) is 202 Å². The third-order valence-corrected chi connectivity index (χ3v) is 10.6. The zero-order chi connectivity index (χ0) is 33.5. The van der Waals surface area contributed by atoms with Gasteiger partial charge in [-0.05, 0) is 77.9 Å². The number of rotatable bonds is 4. The predicted octanol–water partition coefficient (Wildman–Crippen LogP) is 12.6. The van der Waals surface area contributed by atoms with E-state index < -0.39 is 0 Å². The molecule has 0 bridgehead atoms. The van der Waals surface area contributed by atoms with Crippen LogP contribution in [0.25, 0.3) is 93.6 Å². The highest BCUT2D eigenvalue weighted by atomic mass is 15.0. The Kier molecular flexibility index (Phi) is 5.96. The summed E-state index contributed by atoms with van der Waals surface area (Å²) in [7, 11) is 0. The molecule has 3 aromatic heterocycles. The summed E-state index contributed by atoms with van der Waals surface area (Å²) >= 11 is 0. The van der Waals surface area contributed by atoms with Crippen LogP contribution in [-0.2, 0) is 0 Å². The standard InChI is InChI=1S/C48H31N3/c1-2-13-32(14-3-1)33-25-27-34(28-26-33)49-44-22-11-7-18-39(44)48-46(49)23-12-24-47(48)51-43-21-10-6-17-38(43)40-31-35(29-30-45(40)51)50-41-19-8-4-15-36(41)37-16-5-9-20-42(37)50/h1-31H. The summed E-state index contributed by atoms with van der Waals surface area (Å²) in [5, 5.41) is 7.51. The van der Waals surface area contributed by atoms with E-state index in [1.165, 1.54) is 82.2 Å². The van der Waals surface area contributed by atoms with E-state index in [0.29, 0.717) is 0 Å². The van der Waals surface area contributed by atoms with Crippen molar-refractivity contribution in [3.63, 3.8) is 0 Å². The lowest BCUT2D eigenvalue weighted by atomic mass is 10.1. The van der Waals surface area contributed by atoms with E-state index in [-0.39, 0.29) is 0 Å². The van der Waals surface area contributed by atoms with Crippen molar-refractivity contribution in [1.29, 1.82) is 0 Å². The maximum absolute atomic E-state index is 2.47. The predicted molar refractivity (Wildman–Crippen MR) is 215 cm³/mol. The molecule has 0 N–H and O–H groups in total. The first-order valence-corrected chi connectivity index (χ1v) is 17.5. The molecule has 3 nitrogen and oxygen atoms in total. The summed E-state index contributed by atoms with van der Waals surface area (Å²) < 4.78 is 7.29. The molecule has 0 amide bonds. The van der Waals surface area contributed by atoms with Gasteiger partial charge in [-0.15, -0.1) is 0 Å². The monoisotopic (exact) mass is 649 g/mol. The van der Waals surface area contributed by atoms with Crippen molar-refractivity contribution in [3.05, 3.63) is 188 Å². The van der Waals surface area contributed by atoms with E-state index in [4.69, 9.17) is 0 Å². The smallest absolute Gasteiger partial charge is 0.0562 e. The Morgan fingerprint density at radius 1 is 0.255 bits per heavy atom. The van der Waals surface area contributed by atoms with Gasteiger partial charge < -0.3 is 13.7 Å². The number of hydrogen-bond donors (Lipinski definition) is 0. The first kappa shape index (κ1) is 28.0. The fourth-order valence-electron chi connectivity index (χ4n) is 8.46. The van der Waals surface area contributed by atoms with Gasteiger partial charge >= 0.3 is 0 Å². The van der Waals surface area contributed by atoms with Crippen LogP contribution < -0.4 is 0 Å². The Balaban J connectivity index is 1.16. The molecular weight excluding hydrogens is 619 g/mol. The molecule has 0 unspecified atom stereocenters. The van der Waals surface area contributed by atoms with E-state index in [1.54, 1.807) is 0 Å². The molecule has 51 heavy (non-hydrogen) atoms. The van der Waals surface area contributed by atoms with Gasteiger partial charge in [0.2, 0.25) is 0 Å². The van der Waals surface area contributed by atoms with E-state index >= 15 is 0 Å². The second-order valence-electron chi connectivity index (χ2n) is 13.4. The van der Waals surface area contributed by atoms with E-state index in [1.807, 2.05) is 0 Å². The molecule has 0 aliphatic heterocycles. The van der Waals surface area contributed by atoms with Gasteiger partial charge in [0.1, 0.15) is 0 Å². The molecule has 0 saturated carbocycles. The molecule has 11 rings (SSSR count). The molecule has 0 spiro atoms. The van der Waals surface area contributed by atoms with Gasteiger partial charge in [-0.1, -0.05) is 121 Å². The van der Waals surface area contributed by atoms with Gasteiger partial charge in [-0.25, -0.2) is 0 Å². The molecule has 11 aromatic rings. The molecule has 3 heterocycles. The van der Waals surface area contributed by atoms with Crippen molar-refractivity contribution in [2.75, 3.05) is 0 Å². The highest BCUT2D eigenvalue weighted by Crippen LogP contribution is 2.41. The SMILES string of the molecule is c1ccc(-c2ccc(-n3c4ccccc4c4c(-n5c6ccccc6c6cc(-n7c8ccccc8c8ccccc87)ccc65)cccc43)cc2)cc1.